The summed E-state index contributed by atoms with van der Waals surface area (Å²) in [5.74, 6) is -0.807. The summed E-state index contributed by atoms with van der Waals surface area (Å²) in [7, 11) is 0. The van der Waals surface area contributed by atoms with E-state index in [1.807, 2.05) is 5.38 Å². The van der Waals surface area contributed by atoms with Gasteiger partial charge in [0.25, 0.3) is 5.56 Å². The van der Waals surface area contributed by atoms with E-state index in [2.05, 4.69) is 0 Å². The van der Waals surface area contributed by atoms with Crippen LogP contribution in [0.5, 0.6) is 0 Å². The highest BCUT2D eigenvalue weighted by atomic mass is 35.5. The lowest BCUT2D eigenvalue weighted by Crippen LogP contribution is -2.35. The zero-order valence-corrected chi connectivity index (χ0v) is 15.7. The van der Waals surface area contributed by atoms with Crippen LogP contribution in [0.2, 0.25) is 5.02 Å². The molecule has 1 aromatic carbocycles. The van der Waals surface area contributed by atoms with Gasteiger partial charge in [-0.1, -0.05) is 17.7 Å². The number of halogens is 3. The smallest absolute Gasteiger partial charge is 0.260 e. The summed E-state index contributed by atoms with van der Waals surface area (Å²) in [6.45, 7) is 0.309. The second-order valence-corrected chi connectivity index (χ2v) is 7.81. The van der Waals surface area contributed by atoms with E-state index in [1.54, 1.807) is 18.3 Å². The maximum atomic E-state index is 13.5. The highest BCUT2D eigenvalue weighted by Crippen LogP contribution is 2.33. The summed E-state index contributed by atoms with van der Waals surface area (Å²) in [6.07, 6.45) is 0.906. The molecule has 0 bridgehead atoms. The number of rotatable bonds is 3. The van der Waals surface area contributed by atoms with Gasteiger partial charge >= 0.3 is 0 Å². The third-order valence-corrected chi connectivity index (χ3v) is 5.96. The number of hydrogen-bond acceptors (Lipinski definition) is 3. The van der Waals surface area contributed by atoms with E-state index in [4.69, 9.17) is 11.6 Å². The van der Waals surface area contributed by atoms with E-state index in [-0.39, 0.29) is 29.6 Å². The van der Waals surface area contributed by atoms with Crippen LogP contribution in [0.4, 0.5) is 8.78 Å². The topological polar surface area (TPSA) is 42.3 Å². The third-order valence-electron chi connectivity index (χ3n) is 4.72. The van der Waals surface area contributed by atoms with E-state index in [0.717, 1.165) is 4.70 Å². The summed E-state index contributed by atoms with van der Waals surface area (Å²) in [6, 6.07) is 6.07. The summed E-state index contributed by atoms with van der Waals surface area (Å²) in [4.78, 5) is 26.8. The molecule has 8 heteroatoms. The van der Waals surface area contributed by atoms with Gasteiger partial charge < -0.3 is 9.47 Å². The van der Waals surface area contributed by atoms with E-state index < -0.39 is 12.0 Å². The molecule has 1 unspecified atom stereocenters. The van der Waals surface area contributed by atoms with E-state index >= 15 is 0 Å². The van der Waals surface area contributed by atoms with Crippen molar-refractivity contribution in [3.05, 3.63) is 57.0 Å². The largest absolute Gasteiger partial charge is 0.338 e. The Morgan fingerprint density at radius 1 is 1.33 bits per heavy atom. The molecule has 4 nitrogen and oxygen atoms in total. The Kier molecular flexibility index (Phi) is 4.74. The zero-order chi connectivity index (χ0) is 19.1. The predicted molar refractivity (Wildman–Crippen MR) is 103 cm³/mol. The molecular weight excluding hydrogens is 394 g/mol. The molecule has 3 aromatic rings. The minimum atomic E-state index is -1.00. The number of benzene rings is 1. The molecular formula is C19H15ClF2N2O2S. The van der Waals surface area contributed by atoms with E-state index in [1.165, 1.54) is 32.9 Å². The Balaban J connectivity index is 1.72. The number of pyridine rings is 1. The van der Waals surface area contributed by atoms with Crippen molar-refractivity contribution in [2.24, 2.45) is 0 Å². The number of nitrogens with zero attached hydrogens (tertiary/aromatic N) is 2. The fourth-order valence-corrected chi connectivity index (χ4v) is 4.41. The summed E-state index contributed by atoms with van der Waals surface area (Å²) >= 11 is 7.26. The molecule has 0 aliphatic carbocycles. The molecule has 0 saturated carbocycles. The lowest BCUT2D eigenvalue weighted by molar-refractivity contribution is -0.131. The van der Waals surface area contributed by atoms with Crippen LogP contribution < -0.4 is 5.56 Å². The van der Waals surface area contributed by atoms with Crippen molar-refractivity contribution >= 4 is 38.9 Å². The number of carbonyl (C=O) groups excluding carboxylic acids is 1. The van der Waals surface area contributed by atoms with Crippen LogP contribution in [-0.2, 0) is 11.3 Å². The van der Waals surface area contributed by atoms with Gasteiger partial charge in [-0.3, -0.25) is 9.59 Å². The van der Waals surface area contributed by atoms with Crippen molar-refractivity contribution in [2.75, 3.05) is 13.1 Å². The van der Waals surface area contributed by atoms with Gasteiger partial charge in [0.2, 0.25) is 5.91 Å². The van der Waals surface area contributed by atoms with Crippen LogP contribution >= 0.6 is 22.9 Å². The fraction of sp³-hybridized carbons (Fsp3) is 0.263. The quantitative estimate of drug-likeness (QED) is 0.655. The Bertz CT molecular complexity index is 1090. The molecule has 1 aliphatic heterocycles. The molecule has 3 heterocycles. The molecule has 1 saturated heterocycles. The monoisotopic (exact) mass is 408 g/mol. The highest BCUT2D eigenvalue weighted by Gasteiger charge is 2.26. The first kappa shape index (κ1) is 18.1. The fourth-order valence-electron chi connectivity index (χ4n) is 3.28. The van der Waals surface area contributed by atoms with Crippen LogP contribution in [0.3, 0.4) is 0 Å². The molecule has 0 radical (unpaired) electrons. The lowest BCUT2D eigenvalue weighted by atomic mass is 10.1. The number of amides is 1. The van der Waals surface area contributed by atoms with Crippen LogP contribution in [0.1, 0.15) is 6.42 Å². The van der Waals surface area contributed by atoms with Gasteiger partial charge in [-0.05, 0) is 30.2 Å². The van der Waals surface area contributed by atoms with Crippen LogP contribution in [-0.4, -0.2) is 34.6 Å². The Morgan fingerprint density at radius 2 is 2.15 bits per heavy atom. The average molecular weight is 409 g/mol. The van der Waals surface area contributed by atoms with Gasteiger partial charge in [-0.2, -0.15) is 0 Å². The molecule has 1 atom stereocenters. The van der Waals surface area contributed by atoms with Gasteiger partial charge in [0.1, 0.15) is 18.5 Å². The number of thiophene rings is 1. The SMILES string of the molecule is O=C(Cn1ccc2scc(-c3ccc(F)c(Cl)c3)c2c1=O)N1CCC(F)C1. The maximum absolute atomic E-state index is 13.5. The number of alkyl halides is 1. The average Bonchev–Trinajstić information content (AvgIpc) is 3.26. The molecule has 1 amide bonds. The highest BCUT2D eigenvalue weighted by molar-refractivity contribution is 7.17. The molecule has 2 aromatic heterocycles. The first-order chi connectivity index (χ1) is 12.9. The van der Waals surface area contributed by atoms with Crippen molar-refractivity contribution in [3.8, 4) is 11.1 Å². The normalized spacial score (nSPS) is 17.0. The summed E-state index contributed by atoms with van der Waals surface area (Å²) in [5, 5.41) is 2.26. The molecule has 1 aliphatic rings. The van der Waals surface area contributed by atoms with Crippen molar-refractivity contribution < 1.29 is 13.6 Å². The molecule has 4 rings (SSSR count). The summed E-state index contributed by atoms with van der Waals surface area (Å²) < 4.78 is 28.9. The molecule has 0 N–H and O–H groups in total. The van der Waals surface area contributed by atoms with Crippen molar-refractivity contribution in [1.29, 1.82) is 0 Å². The van der Waals surface area contributed by atoms with Crippen molar-refractivity contribution in [2.45, 2.75) is 19.1 Å². The molecule has 1 fully saturated rings. The van der Waals surface area contributed by atoms with Crippen LogP contribution in [0.15, 0.2) is 40.6 Å². The number of fused-ring (bicyclic) bond motifs is 1. The summed E-state index contributed by atoms with van der Waals surface area (Å²) in [5.41, 5.74) is 0.968. The predicted octanol–water partition coefficient (Wildman–Crippen LogP) is 4.09. The number of hydrogen-bond donors (Lipinski definition) is 0. The van der Waals surface area contributed by atoms with E-state index in [0.29, 0.717) is 29.5 Å². The van der Waals surface area contributed by atoms with Crippen LogP contribution in [0.25, 0.3) is 21.2 Å². The Morgan fingerprint density at radius 3 is 2.85 bits per heavy atom. The Labute approximate surface area is 162 Å². The Hall–Kier alpha value is -2.25. The second kappa shape index (κ2) is 7.05. The van der Waals surface area contributed by atoms with Gasteiger partial charge in [0.05, 0.1) is 17.0 Å². The van der Waals surface area contributed by atoms with Crippen LogP contribution in [0, 0.1) is 5.82 Å². The minimum absolute atomic E-state index is 0.0203. The number of likely N-dealkylation sites (tertiary alicyclic amines) is 1. The molecule has 27 heavy (non-hydrogen) atoms. The maximum Gasteiger partial charge on any atom is 0.260 e. The van der Waals surface area contributed by atoms with Crippen molar-refractivity contribution in [3.63, 3.8) is 0 Å². The standard InChI is InChI=1S/C19H15ClF2N2O2S/c20-14-7-11(1-2-15(14)22)13-10-27-16-4-6-24(19(26)18(13)16)9-17(25)23-5-3-12(21)8-23/h1-2,4,6-7,10,12H,3,5,8-9H2. The van der Waals surface area contributed by atoms with E-state index in [9.17, 15) is 18.4 Å². The van der Waals surface area contributed by atoms with Gasteiger partial charge in [-0.25, -0.2) is 8.78 Å². The number of carbonyl (C=O) groups is 1. The lowest BCUT2D eigenvalue weighted by Gasteiger charge is -2.16. The number of aromatic nitrogens is 1. The van der Waals surface area contributed by atoms with Gasteiger partial charge in [0.15, 0.2) is 0 Å². The molecule has 0 spiro atoms. The first-order valence-corrected chi connectivity index (χ1v) is 9.67. The van der Waals surface area contributed by atoms with Gasteiger partial charge in [0, 0.05) is 28.4 Å². The third kappa shape index (κ3) is 3.37. The zero-order valence-electron chi connectivity index (χ0n) is 14.1. The second-order valence-electron chi connectivity index (χ2n) is 6.49. The molecule has 140 valence electrons. The van der Waals surface area contributed by atoms with Crippen molar-refractivity contribution in [1.82, 2.24) is 9.47 Å². The minimum Gasteiger partial charge on any atom is -0.338 e. The van der Waals surface area contributed by atoms with Gasteiger partial charge in [-0.15, -0.1) is 11.3 Å². The first-order valence-electron chi connectivity index (χ1n) is 8.42.